The molecule has 3 rings (SSSR count). The number of rotatable bonds is 5. The van der Waals surface area contributed by atoms with Gasteiger partial charge >= 0.3 is 0 Å². The molecule has 26 heavy (non-hydrogen) atoms. The van der Waals surface area contributed by atoms with Crippen LogP contribution < -0.4 is 5.32 Å². The van der Waals surface area contributed by atoms with Crippen LogP contribution >= 0.6 is 0 Å². The van der Waals surface area contributed by atoms with E-state index in [0.29, 0.717) is 12.1 Å². The maximum absolute atomic E-state index is 12.5. The number of amides is 1. The maximum Gasteiger partial charge on any atom is 0.251 e. The summed E-state index contributed by atoms with van der Waals surface area (Å²) in [6.45, 7) is 10.8. The predicted molar refractivity (Wildman–Crippen MR) is 99.4 cm³/mol. The van der Waals surface area contributed by atoms with Gasteiger partial charge in [0, 0.05) is 30.7 Å². The molecule has 0 bridgehead atoms. The van der Waals surface area contributed by atoms with Crippen molar-refractivity contribution in [3.05, 3.63) is 42.5 Å². The summed E-state index contributed by atoms with van der Waals surface area (Å²) in [7, 11) is 0. The number of nitrogens with one attached hydrogen (secondary N) is 1. The fourth-order valence-electron chi connectivity index (χ4n) is 3.29. The molecule has 0 saturated carbocycles. The number of hydrogen-bond donors (Lipinski definition) is 1. The Morgan fingerprint density at radius 1 is 1.23 bits per heavy atom. The van der Waals surface area contributed by atoms with Crippen LogP contribution in [-0.4, -0.2) is 63.0 Å². The summed E-state index contributed by atoms with van der Waals surface area (Å²) in [6, 6.07) is 7.33. The Hall–Kier alpha value is -2.25. The van der Waals surface area contributed by atoms with Gasteiger partial charge in [-0.1, -0.05) is 0 Å². The van der Waals surface area contributed by atoms with Gasteiger partial charge in [0.25, 0.3) is 5.91 Å². The van der Waals surface area contributed by atoms with Crippen molar-refractivity contribution < 1.29 is 9.53 Å². The third-order valence-corrected chi connectivity index (χ3v) is 4.77. The van der Waals surface area contributed by atoms with Crippen LogP contribution in [0, 0.1) is 0 Å². The summed E-state index contributed by atoms with van der Waals surface area (Å²) in [5.41, 5.74) is 1.37. The average molecular weight is 357 g/mol. The molecule has 1 amide bonds. The highest BCUT2D eigenvalue weighted by molar-refractivity contribution is 5.94. The molecule has 2 atom stereocenters. The monoisotopic (exact) mass is 357 g/mol. The van der Waals surface area contributed by atoms with Crippen LogP contribution in [0.2, 0.25) is 0 Å². The van der Waals surface area contributed by atoms with Gasteiger partial charge in [-0.2, -0.15) is 5.10 Å². The van der Waals surface area contributed by atoms with E-state index in [9.17, 15) is 4.79 Å². The fourth-order valence-corrected chi connectivity index (χ4v) is 3.29. The van der Waals surface area contributed by atoms with Gasteiger partial charge in [0.15, 0.2) is 0 Å². The molecule has 1 aromatic heterocycles. The van der Waals surface area contributed by atoms with Crippen molar-refractivity contribution in [1.82, 2.24) is 25.0 Å². The lowest BCUT2D eigenvalue weighted by Crippen LogP contribution is -2.58. The Morgan fingerprint density at radius 2 is 1.88 bits per heavy atom. The minimum Gasteiger partial charge on any atom is -0.373 e. The molecule has 1 aliphatic heterocycles. The van der Waals surface area contributed by atoms with E-state index >= 15 is 0 Å². The van der Waals surface area contributed by atoms with Crippen LogP contribution in [0.3, 0.4) is 0 Å². The first-order chi connectivity index (χ1) is 12.3. The van der Waals surface area contributed by atoms with E-state index in [1.165, 1.54) is 6.33 Å². The molecule has 0 radical (unpaired) electrons. The Labute approximate surface area is 154 Å². The van der Waals surface area contributed by atoms with Crippen LogP contribution in [-0.2, 0) is 4.74 Å². The highest BCUT2D eigenvalue weighted by atomic mass is 16.5. The summed E-state index contributed by atoms with van der Waals surface area (Å²) in [6.07, 6.45) is 3.52. The molecule has 1 saturated heterocycles. The van der Waals surface area contributed by atoms with Crippen molar-refractivity contribution in [2.75, 3.05) is 19.6 Å². The van der Waals surface area contributed by atoms with E-state index in [4.69, 9.17) is 4.74 Å². The first-order valence-electron chi connectivity index (χ1n) is 8.99. The lowest BCUT2D eigenvalue weighted by molar-refractivity contribution is -0.0948. The zero-order valence-electron chi connectivity index (χ0n) is 15.8. The molecule has 2 heterocycles. The quantitative estimate of drug-likeness (QED) is 0.885. The van der Waals surface area contributed by atoms with E-state index in [0.717, 1.165) is 18.8 Å². The largest absolute Gasteiger partial charge is 0.373 e. The molecule has 0 aliphatic carbocycles. The average Bonchev–Trinajstić information content (AvgIpc) is 3.14. The first-order valence-corrected chi connectivity index (χ1v) is 8.99. The second kappa shape index (κ2) is 7.55. The Kier molecular flexibility index (Phi) is 5.38. The Balaban J connectivity index is 1.59. The van der Waals surface area contributed by atoms with Gasteiger partial charge in [-0.25, -0.2) is 9.67 Å². The molecule has 1 aromatic carbocycles. The summed E-state index contributed by atoms with van der Waals surface area (Å²) in [4.78, 5) is 18.8. The Morgan fingerprint density at radius 3 is 2.46 bits per heavy atom. The molecule has 7 nitrogen and oxygen atoms in total. The number of morpholine rings is 1. The van der Waals surface area contributed by atoms with Crippen molar-refractivity contribution in [2.45, 2.75) is 45.4 Å². The molecule has 0 spiro atoms. The lowest BCUT2D eigenvalue weighted by atomic mass is 10.00. The van der Waals surface area contributed by atoms with Crippen molar-refractivity contribution in [3.8, 4) is 5.69 Å². The standard InChI is InChI=1S/C19H27N5O2/c1-14-9-23(10-15(2)26-14)19(3,4)11-21-18(25)16-5-7-17(8-6-16)24-13-20-12-22-24/h5-8,12-15H,9-11H2,1-4H3,(H,21,25)/t14-,15-/m0/s1. The van der Waals surface area contributed by atoms with Gasteiger partial charge in [0.05, 0.1) is 17.9 Å². The van der Waals surface area contributed by atoms with E-state index in [1.54, 1.807) is 23.1 Å². The van der Waals surface area contributed by atoms with Crippen molar-refractivity contribution in [2.24, 2.45) is 0 Å². The number of carbonyl (C=O) groups is 1. The van der Waals surface area contributed by atoms with Crippen LogP contribution in [0.1, 0.15) is 38.1 Å². The molecule has 2 aromatic rings. The smallest absolute Gasteiger partial charge is 0.251 e. The number of hydrogen-bond acceptors (Lipinski definition) is 5. The second-order valence-corrected chi connectivity index (χ2v) is 7.54. The lowest BCUT2D eigenvalue weighted by Gasteiger charge is -2.45. The predicted octanol–water partition coefficient (Wildman–Crippen LogP) is 1.88. The number of ether oxygens (including phenoxy) is 1. The SMILES string of the molecule is C[C@H]1CN(C(C)(C)CNC(=O)c2ccc(-n3cncn3)cc2)C[C@H](C)O1. The van der Waals surface area contributed by atoms with Crippen molar-refractivity contribution in [3.63, 3.8) is 0 Å². The summed E-state index contributed by atoms with van der Waals surface area (Å²) in [5, 5.41) is 7.15. The normalized spacial score (nSPS) is 21.5. The summed E-state index contributed by atoms with van der Waals surface area (Å²) < 4.78 is 7.47. The van der Waals surface area contributed by atoms with Gasteiger partial charge in [0.1, 0.15) is 12.7 Å². The number of nitrogens with zero attached hydrogens (tertiary/aromatic N) is 4. The zero-order chi connectivity index (χ0) is 18.7. The van der Waals surface area contributed by atoms with Gasteiger partial charge in [0.2, 0.25) is 0 Å². The van der Waals surface area contributed by atoms with Crippen LogP contribution in [0.4, 0.5) is 0 Å². The van der Waals surface area contributed by atoms with Gasteiger partial charge in [-0.3, -0.25) is 9.69 Å². The van der Waals surface area contributed by atoms with Gasteiger partial charge < -0.3 is 10.1 Å². The van der Waals surface area contributed by atoms with Crippen LogP contribution in [0.15, 0.2) is 36.9 Å². The molecule has 7 heteroatoms. The number of aromatic nitrogens is 3. The summed E-state index contributed by atoms with van der Waals surface area (Å²) >= 11 is 0. The molecule has 140 valence electrons. The molecule has 0 unspecified atom stereocenters. The van der Waals surface area contributed by atoms with Crippen molar-refractivity contribution >= 4 is 5.91 Å². The minimum absolute atomic E-state index is 0.0717. The molecular formula is C19H27N5O2. The van der Waals surface area contributed by atoms with E-state index < -0.39 is 0 Å². The van der Waals surface area contributed by atoms with Gasteiger partial charge in [-0.05, 0) is 52.0 Å². The molecule has 1 aliphatic rings. The van der Waals surface area contributed by atoms with Crippen molar-refractivity contribution in [1.29, 1.82) is 0 Å². The molecule has 1 N–H and O–H groups in total. The zero-order valence-corrected chi connectivity index (χ0v) is 15.8. The highest BCUT2D eigenvalue weighted by Crippen LogP contribution is 2.20. The van der Waals surface area contributed by atoms with Crippen LogP contribution in [0.5, 0.6) is 0 Å². The van der Waals surface area contributed by atoms with E-state index in [-0.39, 0.29) is 23.7 Å². The fraction of sp³-hybridized carbons (Fsp3) is 0.526. The highest BCUT2D eigenvalue weighted by Gasteiger charge is 2.33. The third kappa shape index (κ3) is 4.28. The maximum atomic E-state index is 12.5. The van der Waals surface area contributed by atoms with Crippen LogP contribution in [0.25, 0.3) is 5.69 Å². The van der Waals surface area contributed by atoms with E-state index in [1.807, 2.05) is 12.1 Å². The third-order valence-electron chi connectivity index (χ3n) is 4.77. The second-order valence-electron chi connectivity index (χ2n) is 7.54. The summed E-state index contributed by atoms with van der Waals surface area (Å²) in [5.74, 6) is -0.0717. The number of carbonyl (C=O) groups excluding carboxylic acids is 1. The molecular weight excluding hydrogens is 330 g/mol. The Bertz CT molecular complexity index is 717. The minimum atomic E-state index is -0.136. The van der Waals surface area contributed by atoms with E-state index in [2.05, 4.69) is 48.0 Å². The number of benzene rings is 1. The van der Waals surface area contributed by atoms with Gasteiger partial charge in [-0.15, -0.1) is 0 Å². The molecule has 1 fully saturated rings. The first kappa shape index (κ1) is 18.5. The topological polar surface area (TPSA) is 72.3 Å².